The first-order valence-corrected chi connectivity index (χ1v) is 9.68. The molecule has 3 rings (SSSR count). The van der Waals surface area contributed by atoms with E-state index < -0.39 is 23.5 Å². The molecule has 3 aromatic rings. The minimum atomic E-state index is -0.847. The summed E-state index contributed by atoms with van der Waals surface area (Å²) in [5.41, 5.74) is 1.94. The number of hydrogen-bond donors (Lipinski definition) is 4. The number of hydroxylamine groups is 1. The van der Waals surface area contributed by atoms with Crippen LogP contribution >= 0.6 is 0 Å². The molecule has 0 radical (unpaired) electrons. The SMILES string of the molecule is CC(C)(/C=C/C(=O)NO)[C@@H](OC(=O)Nc1ccccc1)c1ccc(O)c2ccccc12. The smallest absolute Gasteiger partial charge is 0.412 e. The summed E-state index contributed by atoms with van der Waals surface area (Å²) < 4.78 is 5.84. The third kappa shape index (κ3) is 5.21. The molecule has 0 saturated carbocycles. The minimum absolute atomic E-state index is 0.111. The lowest BCUT2D eigenvalue weighted by molar-refractivity contribution is -0.124. The van der Waals surface area contributed by atoms with Gasteiger partial charge in [0.1, 0.15) is 11.9 Å². The van der Waals surface area contributed by atoms with Crippen LogP contribution in [0.5, 0.6) is 5.75 Å². The van der Waals surface area contributed by atoms with Gasteiger partial charge in [-0.25, -0.2) is 10.3 Å². The van der Waals surface area contributed by atoms with Gasteiger partial charge in [0.05, 0.1) is 0 Å². The molecule has 0 heterocycles. The molecule has 0 unspecified atom stereocenters. The Kier molecular flexibility index (Phi) is 6.57. The number of para-hydroxylation sites is 1. The number of fused-ring (bicyclic) bond motifs is 1. The van der Waals surface area contributed by atoms with E-state index in [0.717, 1.165) is 0 Å². The van der Waals surface area contributed by atoms with Crippen LogP contribution in [0.25, 0.3) is 10.8 Å². The maximum absolute atomic E-state index is 12.7. The van der Waals surface area contributed by atoms with E-state index in [-0.39, 0.29) is 5.75 Å². The normalized spacial score (nSPS) is 12.5. The molecular weight excluding hydrogens is 396 g/mol. The Labute approximate surface area is 179 Å². The predicted octanol–water partition coefficient (Wildman–Crippen LogP) is 4.92. The van der Waals surface area contributed by atoms with Gasteiger partial charge in [0.2, 0.25) is 0 Å². The Morgan fingerprint density at radius 3 is 2.29 bits per heavy atom. The lowest BCUT2D eigenvalue weighted by atomic mass is 9.80. The quantitative estimate of drug-likeness (QED) is 0.257. The van der Waals surface area contributed by atoms with E-state index in [1.165, 1.54) is 6.08 Å². The third-order valence-corrected chi connectivity index (χ3v) is 4.91. The van der Waals surface area contributed by atoms with Gasteiger partial charge >= 0.3 is 6.09 Å². The number of carbonyl (C=O) groups is 2. The van der Waals surface area contributed by atoms with Crippen molar-refractivity contribution in [2.75, 3.05) is 5.32 Å². The Hall–Kier alpha value is -3.84. The average Bonchev–Trinajstić information content (AvgIpc) is 2.77. The molecule has 0 aliphatic heterocycles. The fourth-order valence-corrected chi connectivity index (χ4v) is 3.34. The largest absolute Gasteiger partial charge is 0.507 e. The molecular formula is C24H24N2O5. The van der Waals surface area contributed by atoms with Gasteiger partial charge in [-0.05, 0) is 23.6 Å². The zero-order chi connectivity index (χ0) is 22.4. The lowest BCUT2D eigenvalue weighted by Crippen LogP contribution is -2.28. The Bertz CT molecular complexity index is 1110. The average molecular weight is 420 g/mol. The molecule has 0 bridgehead atoms. The van der Waals surface area contributed by atoms with Gasteiger partial charge in [-0.1, -0.05) is 68.5 Å². The van der Waals surface area contributed by atoms with E-state index in [9.17, 15) is 14.7 Å². The maximum Gasteiger partial charge on any atom is 0.412 e. The van der Waals surface area contributed by atoms with Gasteiger partial charge in [0, 0.05) is 28.1 Å². The van der Waals surface area contributed by atoms with Crippen molar-refractivity contribution in [1.29, 1.82) is 0 Å². The molecule has 2 amide bonds. The van der Waals surface area contributed by atoms with Gasteiger partial charge in [-0.3, -0.25) is 15.3 Å². The first-order chi connectivity index (χ1) is 14.8. The number of benzene rings is 3. The van der Waals surface area contributed by atoms with Crippen LogP contribution in [0, 0.1) is 5.41 Å². The number of phenolic OH excluding ortho intramolecular Hbond substituents is 1. The minimum Gasteiger partial charge on any atom is -0.507 e. The molecule has 1 atom stereocenters. The second kappa shape index (κ2) is 9.32. The van der Waals surface area contributed by atoms with Gasteiger partial charge in [0.15, 0.2) is 0 Å². The van der Waals surface area contributed by atoms with Crippen molar-refractivity contribution in [2.45, 2.75) is 20.0 Å². The molecule has 0 fully saturated rings. The van der Waals surface area contributed by atoms with E-state index in [1.807, 2.05) is 18.2 Å². The van der Waals surface area contributed by atoms with E-state index in [1.54, 1.807) is 73.9 Å². The molecule has 3 aromatic carbocycles. The number of rotatable bonds is 6. The monoisotopic (exact) mass is 420 g/mol. The number of anilines is 1. The highest BCUT2D eigenvalue weighted by Gasteiger charge is 2.34. The van der Waals surface area contributed by atoms with Crippen molar-refractivity contribution < 1.29 is 24.6 Å². The molecule has 0 aliphatic rings. The highest BCUT2D eigenvalue weighted by atomic mass is 16.6. The van der Waals surface area contributed by atoms with Crippen molar-refractivity contribution in [1.82, 2.24) is 5.48 Å². The van der Waals surface area contributed by atoms with Crippen LogP contribution in [-0.2, 0) is 9.53 Å². The number of phenols is 1. The first kappa shape index (κ1) is 21.9. The van der Waals surface area contributed by atoms with E-state index in [0.29, 0.717) is 22.0 Å². The second-order valence-electron chi connectivity index (χ2n) is 7.63. The summed E-state index contributed by atoms with van der Waals surface area (Å²) in [7, 11) is 0. The van der Waals surface area contributed by atoms with Crippen molar-refractivity contribution in [3.63, 3.8) is 0 Å². The van der Waals surface area contributed by atoms with Crippen LogP contribution in [0.2, 0.25) is 0 Å². The molecule has 0 saturated heterocycles. The summed E-state index contributed by atoms with van der Waals surface area (Å²) >= 11 is 0. The molecule has 160 valence electrons. The van der Waals surface area contributed by atoms with Gasteiger partial charge in [0.25, 0.3) is 5.91 Å². The summed E-state index contributed by atoms with van der Waals surface area (Å²) in [6, 6.07) is 19.4. The number of ether oxygens (including phenoxy) is 1. The van der Waals surface area contributed by atoms with Crippen LogP contribution in [0.3, 0.4) is 0 Å². The van der Waals surface area contributed by atoms with E-state index in [4.69, 9.17) is 9.94 Å². The number of aromatic hydroxyl groups is 1. The van der Waals surface area contributed by atoms with Crippen LogP contribution in [-0.4, -0.2) is 22.3 Å². The topological polar surface area (TPSA) is 108 Å². The third-order valence-electron chi connectivity index (χ3n) is 4.91. The van der Waals surface area contributed by atoms with E-state index in [2.05, 4.69) is 5.32 Å². The fourth-order valence-electron chi connectivity index (χ4n) is 3.34. The van der Waals surface area contributed by atoms with Crippen molar-refractivity contribution >= 4 is 28.5 Å². The summed E-state index contributed by atoms with van der Waals surface area (Å²) in [5, 5.41) is 23.1. The van der Waals surface area contributed by atoms with Gasteiger partial charge in [-0.2, -0.15) is 0 Å². The highest BCUT2D eigenvalue weighted by Crippen LogP contribution is 2.42. The van der Waals surface area contributed by atoms with Crippen LogP contribution in [0.4, 0.5) is 10.5 Å². The molecule has 0 aromatic heterocycles. The standard InChI is InChI=1S/C24H24N2O5/c1-24(2,15-14-21(28)26-30)22(31-23(29)25-16-8-4-3-5-9-16)19-12-13-20(27)18-11-7-6-10-17(18)19/h3-15,22,27,30H,1-2H3,(H,25,29)(H,26,28)/b15-14+/t22-/m0/s1. The fraction of sp³-hybridized carbons (Fsp3) is 0.167. The number of carbonyl (C=O) groups excluding carboxylic acids is 2. The molecule has 4 N–H and O–H groups in total. The maximum atomic E-state index is 12.7. The lowest BCUT2D eigenvalue weighted by Gasteiger charge is -2.32. The second-order valence-corrected chi connectivity index (χ2v) is 7.63. The number of nitrogens with one attached hydrogen (secondary N) is 2. The molecule has 7 nitrogen and oxygen atoms in total. The molecule has 0 spiro atoms. The molecule has 0 aliphatic carbocycles. The highest BCUT2D eigenvalue weighted by molar-refractivity contribution is 5.92. The molecule has 31 heavy (non-hydrogen) atoms. The van der Waals surface area contributed by atoms with Crippen molar-refractivity contribution in [2.24, 2.45) is 5.41 Å². The summed E-state index contributed by atoms with van der Waals surface area (Å²) in [4.78, 5) is 24.3. The molecule has 7 heteroatoms. The first-order valence-electron chi connectivity index (χ1n) is 9.68. The Morgan fingerprint density at radius 1 is 0.968 bits per heavy atom. The predicted molar refractivity (Wildman–Crippen MR) is 118 cm³/mol. The van der Waals surface area contributed by atoms with Crippen LogP contribution in [0.15, 0.2) is 78.9 Å². The van der Waals surface area contributed by atoms with Crippen molar-refractivity contribution in [3.8, 4) is 5.75 Å². The van der Waals surface area contributed by atoms with Crippen LogP contribution in [0.1, 0.15) is 25.5 Å². The van der Waals surface area contributed by atoms with Crippen LogP contribution < -0.4 is 10.8 Å². The summed E-state index contributed by atoms with van der Waals surface area (Å²) in [5.74, 6) is -0.587. The van der Waals surface area contributed by atoms with Gasteiger partial charge in [-0.15, -0.1) is 0 Å². The Balaban J connectivity index is 2.02. The zero-order valence-corrected chi connectivity index (χ0v) is 17.2. The van der Waals surface area contributed by atoms with E-state index >= 15 is 0 Å². The van der Waals surface area contributed by atoms with Gasteiger partial charge < -0.3 is 9.84 Å². The van der Waals surface area contributed by atoms with Crippen molar-refractivity contribution in [3.05, 3.63) is 84.4 Å². The number of amides is 2. The summed E-state index contributed by atoms with van der Waals surface area (Å²) in [6.07, 6.45) is 1.25. The summed E-state index contributed by atoms with van der Waals surface area (Å²) in [6.45, 7) is 3.60. The number of hydrogen-bond acceptors (Lipinski definition) is 5. The Morgan fingerprint density at radius 2 is 1.61 bits per heavy atom. The zero-order valence-electron chi connectivity index (χ0n) is 17.2.